The maximum atomic E-state index is 12.2. The SMILES string of the molecule is CCCOC1OC(=O)c2c(Oc3nc(OC)cc(OC)n3)cccc21. The highest BCUT2D eigenvalue weighted by atomic mass is 16.7. The lowest BCUT2D eigenvalue weighted by atomic mass is 10.1. The van der Waals surface area contributed by atoms with Crippen LogP contribution in [0.3, 0.4) is 0 Å². The van der Waals surface area contributed by atoms with E-state index in [1.807, 2.05) is 6.92 Å². The molecule has 0 amide bonds. The third-order valence-corrected chi connectivity index (χ3v) is 3.48. The smallest absolute Gasteiger partial charge is 0.345 e. The molecule has 8 heteroatoms. The van der Waals surface area contributed by atoms with Gasteiger partial charge in [0.05, 0.1) is 26.9 Å². The molecule has 0 aliphatic carbocycles. The molecular formula is C17H18N2O6. The lowest BCUT2D eigenvalue weighted by Crippen LogP contribution is -2.04. The number of ether oxygens (including phenoxy) is 5. The van der Waals surface area contributed by atoms with Gasteiger partial charge in [-0.2, -0.15) is 9.97 Å². The number of methoxy groups -OCH3 is 2. The molecule has 1 atom stereocenters. The van der Waals surface area contributed by atoms with Crippen molar-refractivity contribution in [2.45, 2.75) is 19.6 Å². The molecule has 1 aliphatic heterocycles. The van der Waals surface area contributed by atoms with Crippen LogP contribution in [0, 0.1) is 0 Å². The van der Waals surface area contributed by atoms with E-state index in [0.717, 1.165) is 6.42 Å². The summed E-state index contributed by atoms with van der Waals surface area (Å²) in [6, 6.07) is 6.66. The molecule has 0 bridgehead atoms. The zero-order valence-electron chi connectivity index (χ0n) is 14.1. The van der Waals surface area contributed by atoms with Gasteiger partial charge < -0.3 is 23.7 Å². The zero-order chi connectivity index (χ0) is 17.8. The minimum absolute atomic E-state index is 0.00433. The number of rotatable bonds is 7. The minimum atomic E-state index is -0.730. The molecule has 0 N–H and O–H groups in total. The number of nitrogens with zero attached hydrogens (tertiary/aromatic N) is 2. The second-order valence-electron chi connectivity index (χ2n) is 5.17. The number of carbonyl (C=O) groups is 1. The van der Waals surface area contributed by atoms with Crippen molar-refractivity contribution in [3.63, 3.8) is 0 Å². The van der Waals surface area contributed by atoms with E-state index in [-0.39, 0.29) is 23.5 Å². The molecule has 1 aliphatic rings. The summed E-state index contributed by atoms with van der Waals surface area (Å²) >= 11 is 0. The monoisotopic (exact) mass is 346 g/mol. The van der Waals surface area contributed by atoms with Gasteiger partial charge in [0.15, 0.2) is 0 Å². The summed E-state index contributed by atoms with van der Waals surface area (Å²) in [6.45, 7) is 2.46. The van der Waals surface area contributed by atoms with Crippen molar-refractivity contribution >= 4 is 5.97 Å². The topological polar surface area (TPSA) is 89.0 Å². The second-order valence-corrected chi connectivity index (χ2v) is 5.17. The molecule has 25 heavy (non-hydrogen) atoms. The predicted octanol–water partition coefficient (Wildman–Crippen LogP) is 2.88. The molecule has 1 unspecified atom stereocenters. The van der Waals surface area contributed by atoms with Gasteiger partial charge in [-0.3, -0.25) is 0 Å². The largest absolute Gasteiger partial charge is 0.481 e. The van der Waals surface area contributed by atoms with Gasteiger partial charge in [-0.1, -0.05) is 19.1 Å². The van der Waals surface area contributed by atoms with Crippen LogP contribution >= 0.6 is 0 Å². The fraction of sp³-hybridized carbons (Fsp3) is 0.353. The molecule has 1 aromatic carbocycles. The van der Waals surface area contributed by atoms with Gasteiger partial charge >= 0.3 is 12.0 Å². The Morgan fingerprint density at radius 2 is 1.88 bits per heavy atom. The average Bonchev–Trinajstić information content (AvgIpc) is 2.96. The number of esters is 1. The number of fused-ring (bicyclic) bond motifs is 1. The van der Waals surface area contributed by atoms with Gasteiger partial charge in [-0.15, -0.1) is 0 Å². The first-order valence-electron chi connectivity index (χ1n) is 7.76. The summed E-state index contributed by atoms with van der Waals surface area (Å²) in [5, 5.41) is 0. The second kappa shape index (κ2) is 7.35. The quantitative estimate of drug-likeness (QED) is 0.707. The molecule has 0 radical (unpaired) electrons. The van der Waals surface area contributed by atoms with Gasteiger partial charge in [0.25, 0.3) is 0 Å². The van der Waals surface area contributed by atoms with Crippen LogP contribution in [-0.4, -0.2) is 36.8 Å². The number of benzene rings is 1. The van der Waals surface area contributed by atoms with Crippen LogP contribution in [0.15, 0.2) is 24.3 Å². The first-order valence-corrected chi connectivity index (χ1v) is 7.76. The van der Waals surface area contributed by atoms with Crippen LogP contribution in [0.2, 0.25) is 0 Å². The van der Waals surface area contributed by atoms with Gasteiger partial charge in [0, 0.05) is 5.56 Å². The number of hydrogen-bond donors (Lipinski definition) is 0. The Labute approximate surface area is 144 Å². The summed E-state index contributed by atoms with van der Waals surface area (Å²) in [5.74, 6) is 0.323. The normalized spacial score (nSPS) is 15.5. The van der Waals surface area contributed by atoms with Crippen LogP contribution in [0.25, 0.3) is 0 Å². The lowest BCUT2D eigenvalue weighted by Gasteiger charge is -2.11. The molecule has 2 aromatic rings. The highest BCUT2D eigenvalue weighted by Gasteiger charge is 2.35. The Hall–Kier alpha value is -2.87. The van der Waals surface area contributed by atoms with Crippen molar-refractivity contribution in [1.82, 2.24) is 9.97 Å². The first-order chi connectivity index (χ1) is 12.2. The maximum absolute atomic E-state index is 12.2. The molecule has 0 fully saturated rings. The average molecular weight is 346 g/mol. The van der Waals surface area contributed by atoms with E-state index in [1.54, 1.807) is 18.2 Å². The third-order valence-electron chi connectivity index (χ3n) is 3.48. The fourth-order valence-electron chi connectivity index (χ4n) is 2.35. The number of carbonyl (C=O) groups excluding carboxylic acids is 1. The Bertz CT molecular complexity index is 757. The molecule has 0 saturated carbocycles. The summed E-state index contributed by atoms with van der Waals surface area (Å²) in [4.78, 5) is 20.4. The molecule has 3 rings (SSSR count). The highest BCUT2D eigenvalue weighted by Crippen LogP contribution is 2.38. The Balaban J connectivity index is 1.92. The summed E-state index contributed by atoms with van der Waals surface area (Å²) < 4.78 is 26.7. The van der Waals surface area contributed by atoms with Crippen LogP contribution in [0.5, 0.6) is 23.5 Å². The van der Waals surface area contributed by atoms with Crippen LogP contribution in [0.4, 0.5) is 0 Å². The maximum Gasteiger partial charge on any atom is 0.345 e. The predicted molar refractivity (Wildman–Crippen MR) is 86.1 cm³/mol. The van der Waals surface area contributed by atoms with E-state index in [4.69, 9.17) is 23.7 Å². The first kappa shape index (κ1) is 17.0. The van der Waals surface area contributed by atoms with E-state index in [0.29, 0.717) is 17.7 Å². The summed E-state index contributed by atoms with van der Waals surface area (Å²) in [6.07, 6.45) is 0.0866. The van der Waals surface area contributed by atoms with Crippen molar-refractivity contribution < 1.29 is 28.5 Å². The van der Waals surface area contributed by atoms with E-state index in [1.165, 1.54) is 20.3 Å². The number of aromatic nitrogens is 2. The Morgan fingerprint density at radius 3 is 2.52 bits per heavy atom. The molecule has 0 saturated heterocycles. The van der Waals surface area contributed by atoms with Crippen molar-refractivity contribution in [3.8, 4) is 23.5 Å². The van der Waals surface area contributed by atoms with Crippen molar-refractivity contribution in [2.75, 3.05) is 20.8 Å². The highest BCUT2D eigenvalue weighted by molar-refractivity contribution is 5.96. The van der Waals surface area contributed by atoms with Crippen LogP contribution in [-0.2, 0) is 9.47 Å². The Kier molecular flexibility index (Phi) is 4.99. The summed E-state index contributed by atoms with van der Waals surface area (Å²) in [5.41, 5.74) is 0.916. The Morgan fingerprint density at radius 1 is 1.16 bits per heavy atom. The van der Waals surface area contributed by atoms with Gasteiger partial charge in [0.2, 0.25) is 18.1 Å². The standard InChI is InChI=1S/C17H18N2O6/c1-4-8-23-16-10-6-5-7-11(14(10)15(20)25-16)24-17-18-12(21-2)9-13(19-17)22-3/h5-7,9,16H,4,8H2,1-3H3. The molecule has 1 aromatic heterocycles. The zero-order valence-corrected chi connectivity index (χ0v) is 14.1. The summed E-state index contributed by atoms with van der Waals surface area (Å²) in [7, 11) is 2.94. The molecular weight excluding hydrogens is 328 g/mol. The minimum Gasteiger partial charge on any atom is -0.481 e. The van der Waals surface area contributed by atoms with Gasteiger partial charge in [-0.25, -0.2) is 4.79 Å². The van der Waals surface area contributed by atoms with Gasteiger partial charge in [0.1, 0.15) is 11.3 Å². The fourth-order valence-corrected chi connectivity index (χ4v) is 2.35. The molecule has 8 nitrogen and oxygen atoms in total. The van der Waals surface area contributed by atoms with Gasteiger partial charge in [-0.05, 0) is 12.5 Å². The van der Waals surface area contributed by atoms with Crippen molar-refractivity contribution in [1.29, 1.82) is 0 Å². The molecule has 2 heterocycles. The number of hydrogen-bond acceptors (Lipinski definition) is 8. The van der Waals surface area contributed by atoms with E-state index < -0.39 is 12.3 Å². The lowest BCUT2D eigenvalue weighted by molar-refractivity contribution is -0.103. The van der Waals surface area contributed by atoms with Crippen LogP contribution < -0.4 is 14.2 Å². The number of cyclic esters (lactones) is 1. The third kappa shape index (κ3) is 3.48. The van der Waals surface area contributed by atoms with Crippen LogP contribution in [0.1, 0.15) is 35.6 Å². The molecule has 132 valence electrons. The van der Waals surface area contributed by atoms with Crippen molar-refractivity contribution in [3.05, 3.63) is 35.4 Å². The van der Waals surface area contributed by atoms with Crippen molar-refractivity contribution in [2.24, 2.45) is 0 Å². The van der Waals surface area contributed by atoms with E-state index >= 15 is 0 Å². The van der Waals surface area contributed by atoms with E-state index in [9.17, 15) is 4.79 Å². The van der Waals surface area contributed by atoms with E-state index in [2.05, 4.69) is 9.97 Å². The molecule has 0 spiro atoms.